The summed E-state index contributed by atoms with van der Waals surface area (Å²) in [6, 6.07) is 11.8. The molecule has 3 aromatic rings. The Morgan fingerprint density at radius 3 is 2.19 bits per heavy atom. The van der Waals surface area contributed by atoms with Crippen molar-refractivity contribution in [2.75, 3.05) is 0 Å². The first-order valence-corrected chi connectivity index (χ1v) is 5.09. The van der Waals surface area contributed by atoms with Gasteiger partial charge in [-0.1, -0.05) is 6.07 Å². The first-order chi connectivity index (χ1) is 7.97. The molecule has 16 heavy (non-hydrogen) atoms. The molecule has 0 saturated carbocycles. The Kier molecular flexibility index (Phi) is 3.55. The van der Waals surface area contributed by atoms with Crippen LogP contribution >= 0.6 is 0 Å². The highest BCUT2D eigenvalue weighted by molar-refractivity contribution is 5.57. The van der Waals surface area contributed by atoms with Crippen molar-refractivity contribution in [3.8, 4) is 11.3 Å². The van der Waals surface area contributed by atoms with Crippen LogP contribution in [0, 0.1) is 0 Å². The van der Waals surface area contributed by atoms with E-state index in [-0.39, 0.29) is 0 Å². The van der Waals surface area contributed by atoms with Gasteiger partial charge in [0.1, 0.15) is 0 Å². The molecule has 3 heterocycles. The zero-order valence-electron chi connectivity index (χ0n) is 8.80. The molecule has 2 N–H and O–H groups in total. The largest absolute Gasteiger partial charge is 0.368 e. The summed E-state index contributed by atoms with van der Waals surface area (Å²) in [7, 11) is 0. The first-order valence-electron chi connectivity index (χ1n) is 5.09. The molecule has 3 nitrogen and oxygen atoms in total. The number of aromatic amines is 2. The maximum atomic E-state index is 4.20. The van der Waals surface area contributed by atoms with Crippen LogP contribution in [0.15, 0.2) is 67.4 Å². The molecule has 3 heteroatoms. The van der Waals surface area contributed by atoms with E-state index in [1.807, 2.05) is 61.2 Å². The van der Waals surface area contributed by atoms with Gasteiger partial charge in [0.05, 0.1) is 5.69 Å². The normalized spacial score (nSPS) is 9.25. The third kappa shape index (κ3) is 2.85. The second-order valence-electron chi connectivity index (χ2n) is 3.20. The molecule has 0 saturated heterocycles. The van der Waals surface area contributed by atoms with E-state index < -0.39 is 0 Å². The number of H-pyrrole nitrogens is 2. The van der Waals surface area contributed by atoms with Gasteiger partial charge in [0.25, 0.3) is 0 Å². The summed E-state index contributed by atoms with van der Waals surface area (Å²) in [5.74, 6) is 0. The summed E-state index contributed by atoms with van der Waals surface area (Å²) < 4.78 is 0. The molecule has 0 aliphatic heterocycles. The smallest absolute Gasteiger partial charge is 0.0717 e. The Morgan fingerprint density at radius 2 is 1.69 bits per heavy atom. The number of hydrogen-bond acceptors (Lipinski definition) is 1. The highest BCUT2D eigenvalue weighted by atomic mass is 14.7. The molecule has 0 aromatic carbocycles. The summed E-state index contributed by atoms with van der Waals surface area (Å²) in [5.41, 5.74) is 2.14. The molecule has 3 rings (SSSR count). The van der Waals surface area contributed by atoms with E-state index >= 15 is 0 Å². The van der Waals surface area contributed by atoms with E-state index in [2.05, 4.69) is 15.0 Å². The van der Waals surface area contributed by atoms with Crippen LogP contribution in [0.1, 0.15) is 0 Å². The summed E-state index contributed by atoms with van der Waals surface area (Å²) >= 11 is 0. The van der Waals surface area contributed by atoms with Crippen LogP contribution in [0.5, 0.6) is 0 Å². The summed E-state index contributed by atoms with van der Waals surface area (Å²) in [4.78, 5) is 10.1. The number of aromatic nitrogens is 3. The minimum Gasteiger partial charge on any atom is -0.368 e. The monoisotopic (exact) mass is 211 g/mol. The summed E-state index contributed by atoms with van der Waals surface area (Å²) in [6.07, 6.45) is 9.37. The summed E-state index contributed by atoms with van der Waals surface area (Å²) in [6.45, 7) is 0. The van der Waals surface area contributed by atoms with Crippen molar-refractivity contribution < 1.29 is 0 Å². The fraction of sp³-hybridized carbons (Fsp3) is 0. The fourth-order valence-corrected chi connectivity index (χ4v) is 1.29. The molecule has 0 amide bonds. The molecule has 0 unspecified atom stereocenters. The van der Waals surface area contributed by atoms with E-state index in [9.17, 15) is 0 Å². The van der Waals surface area contributed by atoms with Crippen LogP contribution in [0.2, 0.25) is 0 Å². The van der Waals surface area contributed by atoms with E-state index in [0.717, 1.165) is 11.3 Å². The van der Waals surface area contributed by atoms with Crippen molar-refractivity contribution in [1.82, 2.24) is 15.0 Å². The maximum Gasteiger partial charge on any atom is 0.0717 e. The molecule has 0 spiro atoms. The average molecular weight is 211 g/mol. The first kappa shape index (κ1) is 10.2. The zero-order chi connectivity index (χ0) is 11.1. The number of hydrogen-bond donors (Lipinski definition) is 2. The maximum absolute atomic E-state index is 4.20. The van der Waals surface area contributed by atoms with Crippen LogP contribution < -0.4 is 0 Å². The lowest BCUT2D eigenvalue weighted by Crippen LogP contribution is -1.76. The molecular formula is C13H13N3. The molecule has 0 aliphatic rings. The van der Waals surface area contributed by atoms with Gasteiger partial charge in [0, 0.05) is 36.5 Å². The van der Waals surface area contributed by atoms with Crippen molar-refractivity contribution >= 4 is 0 Å². The second-order valence-corrected chi connectivity index (χ2v) is 3.20. The number of nitrogens with one attached hydrogen (secondary N) is 2. The Labute approximate surface area is 94.2 Å². The third-order valence-electron chi connectivity index (χ3n) is 2.05. The van der Waals surface area contributed by atoms with Gasteiger partial charge in [0.2, 0.25) is 0 Å². The zero-order valence-corrected chi connectivity index (χ0v) is 8.80. The molecule has 0 radical (unpaired) electrons. The highest BCUT2D eigenvalue weighted by Crippen LogP contribution is 2.13. The predicted molar refractivity (Wildman–Crippen MR) is 64.8 cm³/mol. The molecular weight excluding hydrogens is 198 g/mol. The van der Waals surface area contributed by atoms with E-state index in [1.54, 1.807) is 6.20 Å². The van der Waals surface area contributed by atoms with Crippen LogP contribution in [0.25, 0.3) is 11.3 Å². The number of nitrogens with zero attached hydrogens (tertiary/aromatic N) is 1. The molecule has 0 aliphatic carbocycles. The Morgan fingerprint density at radius 1 is 0.812 bits per heavy atom. The van der Waals surface area contributed by atoms with Crippen LogP contribution in [0.3, 0.4) is 0 Å². The van der Waals surface area contributed by atoms with Crippen LogP contribution in [0.4, 0.5) is 0 Å². The minimum absolute atomic E-state index is 1.01. The van der Waals surface area contributed by atoms with Gasteiger partial charge in [-0.05, 0) is 30.3 Å². The molecule has 0 bridgehead atoms. The molecule has 0 fully saturated rings. The second kappa shape index (κ2) is 5.56. The number of pyridine rings is 1. The lowest BCUT2D eigenvalue weighted by Gasteiger charge is -1.92. The average Bonchev–Trinajstić information content (AvgIpc) is 3.07. The van der Waals surface area contributed by atoms with Gasteiger partial charge in [0.15, 0.2) is 0 Å². The van der Waals surface area contributed by atoms with Gasteiger partial charge >= 0.3 is 0 Å². The van der Waals surface area contributed by atoms with Gasteiger partial charge < -0.3 is 9.97 Å². The topological polar surface area (TPSA) is 44.5 Å². The van der Waals surface area contributed by atoms with Gasteiger partial charge in [-0.15, -0.1) is 0 Å². The van der Waals surface area contributed by atoms with Crippen LogP contribution in [-0.4, -0.2) is 15.0 Å². The predicted octanol–water partition coefficient (Wildman–Crippen LogP) is 3.09. The van der Waals surface area contributed by atoms with E-state index in [4.69, 9.17) is 0 Å². The number of rotatable bonds is 1. The quantitative estimate of drug-likeness (QED) is 0.638. The van der Waals surface area contributed by atoms with Crippen molar-refractivity contribution in [2.24, 2.45) is 0 Å². The van der Waals surface area contributed by atoms with Crippen molar-refractivity contribution in [3.05, 3.63) is 67.4 Å². The van der Waals surface area contributed by atoms with Gasteiger partial charge in [-0.3, -0.25) is 4.98 Å². The lowest BCUT2D eigenvalue weighted by molar-refractivity contribution is 1.32. The van der Waals surface area contributed by atoms with Gasteiger partial charge in [-0.25, -0.2) is 0 Å². The van der Waals surface area contributed by atoms with E-state index in [1.165, 1.54) is 0 Å². The van der Waals surface area contributed by atoms with Crippen molar-refractivity contribution in [1.29, 1.82) is 0 Å². The lowest BCUT2D eigenvalue weighted by atomic mass is 10.2. The van der Waals surface area contributed by atoms with Gasteiger partial charge in [-0.2, -0.15) is 0 Å². The molecule has 80 valence electrons. The Bertz CT molecular complexity index is 452. The van der Waals surface area contributed by atoms with Crippen molar-refractivity contribution in [3.63, 3.8) is 0 Å². The standard InChI is InChI=1S/C9H8N2.C4H5N/c1-2-5-11-9(3-1)8-4-6-10-7-8;1-2-4-5-3-1/h1-7,10H;1-5H. The molecule has 3 aromatic heterocycles. The Hall–Kier alpha value is -2.29. The third-order valence-corrected chi connectivity index (χ3v) is 2.05. The fourth-order valence-electron chi connectivity index (χ4n) is 1.29. The van der Waals surface area contributed by atoms with E-state index in [0.29, 0.717) is 0 Å². The Balaban J connectivity index is 0.000000162. The minimum atomic E-state index is 1.01. The van der Waals surface area contributed by atoms with Crippen molar-refractivity contribution in [2.45, 2.75) is 0 Å². The summed E-state index contributed by atoms with van der Waals surface area (Å²) in [5, 5.41) is 0. The SMILES string of the molecule is c1cc[nH]c1.c1ccc(-c2cc[nH]c2)nc1. The van der Waals surface area contributed by atoms with Crippen LogP contribution in [-0.2, 0) is 0 Å². The molecule has 0 atom stereocenters. The highest BCUT2D eigenvalue weighted by Gasteiger charge is 1.94.